The van der Waals surface area contributed by atoms with Crippen LogP contribution in [0.25, 0.3) is 45.4 Å². The van der Waals surface area contributed by atoms with Crippen molar-refractivity contribution in [1.29, 1.82) is 0 Å². The maximum absolute atomic E-state index is 5.85. The van der Waals surface area contributed by atoms with Gasteiger partial charge in [0.05, 0.1) is 22.8 Å². The SMILES string of the molecule is CCCC1=C(CCCN)c2cc3ccc(cc4ccc(cc5nc(cc1n2)C=C5)[nH]4)[nH]3. The van der Waals surface area contributed by atoms with E-state index in [-0.39, 0.29) is 0 Å². The lowest BCUT2D eigenvalue weighted by molar-refractivity contribution is 0.862. The van der Waals surface area contributed by atoms with E-state index in [1.165, 1.54) is 11.1 Å². The van der Waals surface area contributed by atoms with Crippen molar-refractivity contribution in [2.24, 2.45) is 5.73 Å². The van der Waals surface area contributed by atoms with Crippen molar-refractivity contribution < 1.29 is 0 Å². The average Bonchev–Trinajstić information content (AvgIpc) is 3.53. The number of nitrogens with two attached hydrogens (primary N) is 1. The summed E-state index contributed by atoms with van der Waals surface area (Å²) in [5, 5.41) is 0. The molecule has 3 aromatic rings. The molecule has 0 saturated heterocycles. The second-order valence-electron chi connectivity index (χ2n) is 8.09. The highest BCUT2D eigenvalue weighted by Gasteiger charge is 2.19. The largest absolute Gasteiger partial charge is 0.355 e. The van der Waals surface area contributed by atoms with E-state index < -0.39 is 0 Å². The highest BCUT2D eigenvalue weighted by molar-refractivity contribution is 5.93. The molecule has 5 heterocycles. The Bertz CT molecular complexity index is 1340. The summed E-state index contributed by atoms with van der Waals surface area (Å²) in [5.74, 6) is 0. The fourth-order valence-corrected chi connectivity index (χ4v) is 4.26. The summed E-state index contributed by atoms with van der Waals surface area (Å²) < 4.78 is 0. The van der Waals surface area contributed by atoms with Crippen LogP contribution in [-0.2, 0) is 0 Å². The van der Waals surface area contributed by atoms with E-state index in [0.717, 1.165) is 70.5 Å². The lowest BCUT2D eigenvalue weighted by atomic mass is 9.97. The Morgan fingerprint density at radius 2 is 1.29 bits per heavy atom. The molecular weight excluding hydrogens is 382 g/mol. The zero-order chi connectivity index (χ0) is 21.2. The van der Waals surface area contributed by atoms with Crippen LogP contribution in [-0.4, -0.2) is 26.5 Å². The first-order chi connectivity index (χ1) is 15.2. The third-order valence-electron chi connectivity index (χ3n) is 5.69. The Kier molecular flexibility index (Phi) is 5.26. The molecule has 3 aromatic heterocycles. The number of hydrogen-bond donors (Lipinski definition) is 3. The van der Waals surface area contributed by atoms with Gasteiger partial charge < -0.3 is 15.7 Å². The Balaban J connectivity index is 1.80. The standard InChI is InChI=1S/C26H27N5/c1-2-4-23-24(5-3-12-27)26-16-22-11-9-20(30-22)14-18-7-6-17(28-18)13-19-8-10-21(29-19)15-25(23)31-26/h6-11,13-16,28,30H,2-5,12,27H2,1H3. The van der Waals surface area contributed by atoms with Gasteiger partial charge in [0.1, 0.15) is 0 Å². The highest BCUT2D eigenvalue weighted by Crippen LogP contribution is 2.36. The molecule has 0 aliphatic carbocycles. The van der Waals surface area contributed by atoms with Gasteiger partial charge in [0.2, 0.25) is 0 Å². The maximum atomic E-state index is 5.85. The number of aromatic amines is 2. The molecule has 0 radical (unpaired) electrons. The number of nitrogens with zero attached hydrogens (tertiary/aromatic N) is 2. The van der Waals surface area contributed by atoms with Crippen LogP contribution in [0.1, 0.15) is 55.4 Å². The number of allylic oxidation sites excluding steroid dienone is 2. The van der Waals surface area contributed by atoms with Gasteiger partial charge in [-0.05, 0) is 97.6 Å². The van der Waals surface area contributed by atoms with Gasteiger partial charge in [-0.15, -0.1) is 0 Å². The van der Waals surface area contributed by atoms with Gasteiger partial charge in [0.15, 0.2) is 0 Å². The van der Waals surface area contributed by atoms with Crippen molar-refractivity contribution in [3.63, 3.8) is 0 Å². The third-order valence-corrected chi connectivity index (χ3v) is 5.69. The first-order valence-electron chi connectivity index (χ1n) is 11.0. The normalized spacial score (nSPS) is 13.2. The maximum Gasteiger partial charge on any atom is 0.0694 e. The molecule has 0 spiro atoms. The van der Waals surface area contributed by atoms with Crippen molar-refractivity contribution in [3.05, 3.63) is 71.3 Å². The van der Waals surface area contributed by atoms with Gasteiger partial charge in [-0.2, -0.15) is 0 Å². The van der Waals surface area contributed by atoms with E-state index in [1.54, 1.807) is 0 Å². The Hall–Kier alpha value is -3.44. The number of H-pyrrole nitrogens is 2. The van der Waals surface area contributed by atoms with E-state index >= 15 is 0 Å². The lowest BCUT2D eigenvalue weighted by Gasteiger charge is -2.06. The summed E-state index contributed by atoms with van der Waals surface area (Å²) in [6, 6.07) is 16.8. The third kappa shape index (κ3) is 4.09. The van der Waals surface area contributed by atoms with E-state index in [4.69, 9.17) is 15.7 Å². The summed E-state index contributed by atoms with van der Waals surface area (Å²) in [6.07, 6.45) is 8.08. The topological polar surface area (TPSA) is 83.4 Å². The Labute approximate surface area is 181 Å². The van der Waals surface area contributed by atoms with Crippen molar-refractivity contribution in [2.45, 2.75) is 32.6 Å². The molecule has 0 unspecified atom stereocenters. The summed E-state index contributed by atoms with van der Waals surface area (Å²) in [5.41, 5.74) is 16.6. The molecule has 5 heteroatoms. The van der Waals surface area contributed by atoms with Crippen LogP contribution in [0.4, 0.5) is 0 Å². The van der Waals surface area contributed by atoms with E-state index in [2.05, 4.69) is 77.6 Å². The van der Waals surface area contributed by atoms with Crippen LogP contribution in [0.3, 0.4) is 0 Å². The molecule has 5 rings (SSSR count). The molecule has 156 valence electrons. The quantitative estimate of drug-likeness (QED) is 0.382. The molecule has 8 bridgehead atoms. The van der Waals surface area contributed by atoms with Gasteiger partial charge in [0.25, 0.3) is 0 Å². The molecule has 31 heavy (non-hydrogen) atoms. The van der Waals surface area contributed by atoms with Crippen LogP contribution >= 0.6 is 0 Å². The minimum absolute atomic E-state index is 0.679. The molecule has 4 N–H and O–H groups in total. The summed E-state index contributed by atoms with van der Waals surface area (Å²) >= 11 is 0. The molecular formula is C26H27N5. The predicted molar refractivity (Wildman–Crippen MR) is 130 cm³/mol. The monoisotopic (exact) mass is 409 g/mol. The van der Waals surface area contributed by atoms with Gasteiger partial charge in [0, 0.05) is 22.1 Å². The smallest absolute Gasteiger partial charge is 0.0694 e. The number of nitrogens with one attached hydrogen (secondary N) is 2. The molecule has 0 fully saturated rings. The highest BCUT2D eigenvalue weighted by atomic mass is 14.8. The number of rotatable bonds is 5. The minimum atomic E-state index is 0.679. The van der Waals surface area contributed by atoms with Crippen LogP contribution in [0.5, 0.6) is 0 Å². The summed E-state index contributed by atoms with van der Waals surface area (Å²) in [4.78, 5) is 16.8. The molecule has 2 aliphatic heterocycles. The molecule has 0 saturated carbocycles. The van der Waals surface area contributed by atoms with Crippen molar-refractivity contribution in [2.75, 3.05) is 6.54 Å². The predicted octanol–water partition coefficient (Wildman–Crippen LogP) is 5.94. The molecule has 2 aliphatic rings. The number of aromatic nitrogens is 4. The van der Waals surface area contributed by atoms with Gasteiger partial charge in [-0.1, -0.05) is 13.3 Å². The summed E-state index contributed by atoms with van der Waals surface area (Å²) in [6.45, 7) is 2.89. The lowest BCUT2D eigenvalue weighted by Crippen LogP contribution is -1.99. The van der Waals surface area contributed by atoms with Crippen molar-refractivity contribution in [3.8, 4) is 0 Å². The van der Waals surface area contributed by atoms with Gasteiger partial charge in [-0.25, -0.2) is 9.97 Å². The Morgan fingerprint density at radius 1 is 0.710 bits per heavy atom. The van der Waals surface area contributed by atoms with E-state index in [9.17, 15) is 0 Å². The zero-order valence-electron chi connectivity index (χ0n) is 17.8. The second-order valence-corrected chi connectivity index (χ2v) is 8.09. The van der Waals surface area contributed by atoms with Gasteiger partial charge >= 0.3 is 0 Å². The first-order valence-corrected chi connectivity index (χ1v) is 11.0. The molecule has 5 nitrogen and oxygen atoms in total. The fraction of sp³-hybridized carbons (Fsp3) is 0.231. The molecule has 0 aromatic carbocycles. The van der Waals surface area contributed by atoms with Crippen molar-refractivity contribution in [1.82, 2.24) is 19.9 Å². The van der Waals surface area contributed by atoms with Crippen molar-refractivity contribution >= 4 is 45.4 Å². The number of hydrogen-bond acceptors (Lipinski definition) is 3. The van der Waals surface area contributed by atoms with Crippen LogP contribution in [0, 0.1) is 0 Å². The zero-order valence-corrected chi connectivity index (χ0v) is 17.8. The van der Waals surface area contributed by atoms with E-state index in [0.29, 0.717) is 6.54 Å². The van der Waals surface area contributed by atoms with Crippen LogP contribution in [0.2, 0.25) is 0 Å². The minimum Gasteiger partial charge on any atom is -0.355 e. The van der Waals surface area contributed by atoms with E-state index in [1.807, 2.05) is 0 Å². The molecule has 0 amide bonds. The van der Waals surface area contributed by atoms with Crippen LogP contribution in [0.15, 0.2) is 48.5 Å². The Morgan fingerprint density at radius 3 is 1.97 bits per heavy atom. The number of fused-ring (bicyclic) bond motifs is 8. The fourth-order valence-electron chi connectivity index (χ4n) is 4.26. The van der Waals surface area contributed by atoms with Gasteiger partial charge in [-0.3, -0.25) is 0 Å². The first kappa shape index (κ1) is 19.5. The van der Waals surface area contributed by atoms with Crippen LogP contribution < -0.4 is 5.73 Å². The molecule has 0 atom stereocenters. The second kappa shape index (κ2) is 8.36. The average molecular weight is 410 g/mol. The summed E-state index contributed by atoms with van der Waals surface area (Å²) in [7, 11) is 0.